The van der Waals surface area contributed by atoms with Crippen LogP contribution >= 0.6 is 0 Å². The van der Waals surface area contributed by atoms with Gasteiger partial charge in [0.1, 0.15) is 5.56 Å². The van der Waals surface area contributed by atoms with Crippen molar-refractivity contribution in [3.05, 3.63) is 63.3 Å². The molecule has 0 spiro atoms. The molecule has 0 fully saturated rings. The summed E-state index contributed by atoms with van der Waals surface area (Å²) in [5.41, 5.74) is 5.75. The highest BCUT2D eigenvalue weighted by molar-refractivity contribution is 6.03. The number of benzene rings is 1. The van der Waals surface area contributed by atoms with Crippen molar-refractivity contribution in [3.63, 3.8) is 0 Å². The third kappa shape index (κ3) is 3.39. The van der Waals surface area contributed by atoms with Crippen molar-refractivity contribution >= 4 is 17.1 Å². The van der Waals surface area contributed by atoms with Crippen LogP contribution in [0.5, 0.6) is 5.88 Å². The fraction of sp³-hybridized carbons (Fsp3) is 0.188. The number of aromatic nitrogens is 2. The Kier molecular flexibility index (Phi) is 4.80. The molecule has 2 rings (SSSR count). The lowest BCUT2D eigenvalue weighted by Crippen LogP contribution is -2.33. The monoisotopic (exact) mass is 314 g/mol. The van der Waals surface area contributed by atoms with Gasteiger partial charge in [0.05, 0.1) is 11.4 Å². The van der Waals surface area contributed by atoms with Crippen LogP contribution in [-0.4, -0.2) is 20.4 Å². The Labute approximate surface area is 132 Å². The standard InChI is InChI=1S/C16H18N4O3/c1-3-8-20-15(22)13(14(21)19-16(20)23)12(4-2)18-11-7-5-6-10(17)9-11/h3,5-7,9,22H,1,4,8,17H2,2H3,(H,19,21,23). The number of rotatable bonds is 5. The van der Waals surface area contributed by atoms with E-state index in [0.717, 1.165) is 4.57 Å². The van der Waals surface area contributed by atoms with Crippen molar-refractivity contribution in [1.82, 2.24) is 9.55 Å². The summed E-state index contributed by atoms with van der Waals surface area (Å²) in [6, 6.07) is 6.85. The second kappa shape index (κ2) is 6.78. The fourth-order valence-corrected chi connectivity index (χ4v) is 2.18. The van der Waals surface area contributed by atoms with Gasteiger partial charge in [-0.1, -0.05) is 19.1 Å². The molecule has 0 aliphatic rings. The Balaban J connectivity index is 2.67. The van der Waals surface area contributed by atoms with Gasteiger partial charge in [0.15, 0.2) is 0 Å². The van der Waals surface area contributed by atoms with E-state index in [9.17, 15) is 14.7 Å². The lowest BCUT2D eigenvalue weighted by Gasteiger charge is -2.11. The van der Waals surface area contributed by atoms with Crippen LogP contribution in [0, 0.1) is 0 Å². The van der Waals surface area contributed by atoms with Gasteiger partial charge in [-0.2, -0.15) is 0 Å². The first-order valence-electron chi connectivity index (χ1n) is 7.08. The number of nitrogens with zero attached hydrogens (tertiary/aromatic N) is 2. The highest BCUT2D eigenvalue weighted by Gasteiger charge is 2.17. The van der Waals surface area contributed by atoms with E-state index in [0.29, 0.717) is 23.5 Å². The lowest BCUT2D eigenvalue weighted by molar-refractivity contribution is 0.409. The number of nitrogen functional groups attached to an aromatic ring is 1. The summed E-state index contributed by atoms with van der Waals surface area (Å²) in [5.74, 6) is -0.428. The van der Waals surface area contributed by atoms with Crippen molar-refractivity contribution < 1.29 is 5.11 Å². The topological polar surface area (TPSA) is 113 Å². The molecule has 7 heteroatoms. The molecule has 0 amide bonds. The Morgan fingerprint density at radius 1 is 1.48 bits per heavy atom. The van der Waals surface area contributed by atoms with E-state index in [1.165, 1.54) is 6.08 Å². The van der Waals surface area contributed by atoms with Crippen molar-refractivity contribution in [2.45, 2.75) is 19.9 Å². The molecule has 0 bridgehead atoms. The van der Waals surface area contributed by atoms with Crippen molar-refractivity contribution in [2.75, 3.05) is 5.73 Å². The van der Waals surface area contributed by atoms with E-state index in [1.54, 1.807) is 31.2 Å². The number of allylic oxidation sites excluding steroid dienone is 1. The number of nitrogens with two attached hydrogens (primary N) is 1. The van der Waals surface area contributed by atoms with Gasteiger partial charge in [0.25, 0.3) is 5.56 Å². The van der Waals surface area contributed by atoms with E-state index in [4.69, 9.17) is 5.73 Å². The maximum absolute atomic E-state index is 12.1. The second-order valence-electron chi connectivity index (χ2n) is 4.86. The molecule has 0 atom stereocenters. The van der Waals surface area contributed by atoms with Crippen molar-refractivity contribution in [1.29, 1.82) is 0 Å². The minimum absolute atomic E-state index is 0.0311. The normalized spacial score (nSPS) is 11.4. The van der Waals surface area contributed by atoms with Crippen molar-refractivity contribution in [2.24, 2.45) is 4.99 Å². The quantitative estimate of drug-likeness (QED) is 0.441. The van der Waals surface area contributed by atoms with Gasteiger partial charge in [-0.3, -0.25) is 19.3 Å². The van der Waals surface area contributed by atoms with Gasteiger partial charge >= 0.3 is 5.69 Å². The first kappa shape index (κ1) is 16.3. The summed E-state index contributed by atoms with van der Waals surface area (Å²) >= 11 is 0. The first-order valence-corrected chi connectivity index (χ1v) is 7.08. The predicted octanol–water partition coefficient (Wildman–Crippen LogP) is 1.54. The van der Waals surface area contributed by atoms with Gasteiger partial charge in [-0.15, -0.1) is 6.58 Å². The Hall–Kier alpha value is -3.09. The number of aromatic amines is 1. The molecule has 0 aliphatic carbocycles. The van der Waals surface area contributed by atoms with Crippen molar-refractivity contribution in [3.8, 4) is 5.88 Å². The third-order valence-corrected chi connectivity index (χ3v) is 3.24. The molecule has 120 valence electrons. The van der Waals surface area contributed by atoms with E-state index in [2.05, 4.69) is 16.6 Å². The number of aliphatic imine (C=N–C) groups is 1. The molecule has 1 aromatic heterocycles. The summed E-state index contributed by atoms with van der Waals surface area (Å²) in [6.45, 7) is 5.40. The van der Waals surface area contributed by atoms with E-state index >= 15 is 0 Å². The highest BCUT2D eigenvalue weighted by Crippen LogP contribution is 2.20. The second-order valence-corrected chi connectivity index (χ2v) is 4.86. The molecule has 4 N–H and O–H groups in total. The highest BCUT2D eigenvalue weighted by atomic mass is 16.3. The Bertz CT molecular complexity index is 878. The Morgan fingerprint density at radius 3 is 2.83 bits per heavy atom. The summed E-state index contributed by atoms with van der Waals surface area (Å²) in [5, 5.41) is 10.3. The molecule has 7 nitrogen and oxygen atoms in total. The minimum Gasteiger partial charge on any atom is -0.494 e. The number of H-pyrrole nitrogens is 1. The molecule has 0 aliphatic heterocycles. The molecule has 23 heavy (non-hydrogen) atoms. The molecular weight excluding hydrogens is 296 g/mol. The van der Waals surface area contributed by atoms with Crippen LogP contribution in [0.1, 0.15) is 18.9 Å². The molecule has 0 saturated carbocycles. The van der Waals surface area contributed by atoms with Crippen LogP contribution in [0.2, 0.25) is 0 Å². The van der Waals surface area contributed by atoms with Gasteiger partial charge in [0, 0.05) is 12.2 Å². The predicted molar refractivity (Wildman–Crippen MR) is 90.5 cm³/mol. The first-order chi connectivity index (χ1) is 11.0. The van der Waals surface area contributed by atoms with Gasteiger partial charge in [-0.25, -0.2) is 4.79 Å². The zero-order chi connectivity index (χ0) is 17.0. The maximum Gasteiger partial charge on any atom is 0.331 e. The smallest absolute Gasteiger partial charge is 0.331 e. The van der Waals surface area contributed by atoms with Gasteiger partial charge in [0.2, 0.25) is 5.88 Å². The van der Waals surface area contributed by atoms with Crippen LogP contribution in [0.4, 0.5) is 11.4 Å². The largest absolute Gasteiger partial charge is 0.494 e. The van der Waals surface area contributed by atoms with E-state index < -0.39 is 17.1 Å². The fourth-order valence-electron chi connectivity index (χ4n) is 2.18. The summed E-state index contributed by atoms with van der Waals surface area (Å²) in [6.07, 6.45) is 1.83. The van der Waals surface area contributed by atoms with Crippen LogP contribution in [0.25, 0.3) is 0 Å². The number of hydrogen-bond donors (Lipinski definition) is 3. The number of anilines is 1. The SMILES string of the molecule is C=CCn1c(O)c(C(CC)=Nc2cccc(N)c2)c(=O)[nH]c1=O. The van der Waals surface area contributed by atoms with Gasteiger partial charge in [-0.05, 0) is 24.6 Å². The number of aromatic hydroxyl groups is 1. The average molecular weight is 314 g/mol. The molecule has 1 heterocycles. The molecule has 2 aromatic rings. The maximum atomic E-state index is 12.1. The molecule has 0 radical (unpaired) electrons. The molecule has 0 saturated heterocycles. The lowest BCUT2D eigenvalue weighted by atomic mass is 10.1. The summed E-state index contributed by atoms with van der Waals surface area (Å²) in [7, 11) is 0. The van der Waals surface area contributed by atoms with Gasteiger partial charge < -0.3 is 10.8 Å². The van der Waals surface area contributed by atoms with Crippen LogP contribution in [0.3, 0.4) is 0 Å². The summed E-state index contributed by atoms with van der Waals surface area (Å²) in [4.78, 5) is 30.4. The Morgan fingerprint density at radius 2 is 2.22 bits per heavy atom. The van der Waals surface area contributed by atoms with Crippen LogP contribution in [0.15, 0.2) is 51.5 Å². The minimum atomic E-state index is -0.699. The average Bonchev–Trinajstić information content (AvgIpc) is 2.50. The zero-order valence-corrected chi connectivity index (χ0v) is 12.7. The number of nitrogens with one attached hydrogen (secondary N) is 1. The third-order valence-electron chi connectivity index (χ3n) is 3.24. The van der Waals surface area contributed by atoms with Crippen LogP contribution < -0.4 is 17.0 Å². The number of hydrogen-bond acceptors (Lipinski definition) is 5. The molecule has 1 aromatic carbocycles. The summed E-state index contributed by atoms with van der Waals surface area (Å²) < 4.78 is 1.02. The van der Waals surface area contributed by atoms with Crippen LogP contribution in [-0.2, 0) is 6.54 Å². The zero-order valence-electron chi connectivity index (χ0n) is 12.7. The molecular formula is C16H18N4O3. The van der Waals surface area contributed by atoms with E-state index in [1.807, 2.05) is 0 Å². The van der Waals surface area contributed by atoms with E-state index in [-0.39, 0.29) is 12.1 Å². The molecule has 0 unspecified atom stereocenters.